The number of carbonyl (C=O) groups excluding carboxylic acids is 2. The minimum absolute atomic E-state index is 0.123. The lowest BCUT2D eigenvalue weighted by Crippen LogP contribution is -2.58. The zero-order chi connectivity index (χ0) is 14.7. The highest BCUT2D eigenvalue weighted by atomic mass is 19.1. The van der Waals surface area contributed by atoms with Gasteiger partial charge in [-0.15, -0.1) is 0 Å². The van der Waals surface area contributed by atoms with Crippen LogP contribution in [0.1, 0.15) is 18.5 Å². The second kappa shape index (κ2) is 6.00. The third-order valence-electron chi connectivity index (χ3n) is 3.59. The molecule has 1 heterocycles. The van der Waals surface area contributed by atoms with Gasteiger partial charge < -0.3 is 10.2 Å². The molecule has 108 valence electrons. The highest BCUT2D eigenvalue weighted by molar-refractivity contribution is 5.86. The lowest BCUT2D eigenvalue weighted by molar-refractivity contribution is -0.135. The van der Waals surface area contributed by atoms with Crippen LogP contribution in [-0.2, 0) is 9.59 Å². The summed E-state index contributed by atoms with van der Waals surface area (Å²) in [7, 11) is 1.64. The van der Waals surface area contributed by atoms with E-state index in [4.69, 9.17) is 0 Å². The molecule has 1 aromatic carbocycles. The van der Waals surface area contributed by atoms with Crippen LogP contribution in [0.5, 0.6) is 0 Å². The van der Waals surface area contributed by atoms with Gasteiger partial charge in [0.15, 0.2) is 0 Å². The SMILES string of the molecule is CC(c1ccccc1F)N(C)C(=O)C1CNC(=O)CN1. The van der Waals surface area contributed by atoms with Crippen molar-refractivity contribution in [1.82, 2.24) is 15.5 Å². The number of halogens is 1. The summed E-state index contributed by atoms with van der Waals surface area (Å²) < 4.78 is 13.7. The minimum Gasteiger partial charge on any atom is -0.353 e. The molecule has 5 nitrogen and oxygen atoms in total. The lowest BCUT2D eigenvalue weighted by Gasteiger charge is -2.31. The predicted molar refractivity (Wildman–Crippen MR) is 72.4 cm³/mol. The largest absolute Gasteiger partial charge is 0.353 e. The summed E-state index contributed by atoms with van der Waals surface area (Å²) >= 11 is 0. The fraction of sp³-hybridized carbons (Fsp3) is 0.429. The van der Waals surface area contributed by atoms with Crippen molar-refractivity contribution in [2.75, 3.05) is 20.1 Å². The number of nitrogens with zero attached hydrogens (tertiary/aromatic N) is 1. The van der Waals surface area contributed by atoms with Gasteiger partial charge in [-0.25, -0.2) is 4.39 Å². The third-order valence-corrected chi connectivity index (χ3v) is 3.59. The normalized spacial score (nSPS) is 20.1. The zero-order valence-corrected chi connectivity index (χ0v) is 11.5. The van der Waals surface area contributed by atoms with E-state index in [1.54, 1.807) is 32.2 Å². The van der Waals surface area contributed by atoms with Crippen molar-refractivity contribution < 1.29 is 14.0 Å². The Morgan fingerprint density at radius 3 is 2.75 bits per heavy atom. The summed E-state index contributed by atoms with van der Waals surface area (Å²) in [6.07, 6.45) is 0. The Morgan fingerprint density at radius 1 is 1.45 bits per heavy atom. The maximum Gasteiger partial charge on any atom is 0.241 e. The van der Waals surface area contributed by atoms with Gasteiger partial charge >= 0.3 is 0 Å². The second-order valence-electron chi connectivity index (χ2n) is 4.88. The topological polar surface area (TPSA) is 61.4 Å². The van der Waals surface area contributed by atoms with Gasteiger partial charge in [0.25, 0.3) is 0 Å². The van der Waals surface area contributed by atoms with Gasteiger partial charge in [0, 0.05) is 19.2 Å². The van der Waals surface area contributed by atoms with Crippen LogP contribution < -0.4 is 10.6 Å². The monoisotopic (exact) mass is 279 g/mol. The van der Waals surface area contributed by atoms with Crippen molar-refractivity contribution in [3.05, 3.63) is 35.6 Å². The quantitative estimate of drug-likeness (QED) is 0.843. The Balaban J connectivity index is 2.07. The number of carbonyl (C=O) groups is 2. The van der Waals surface area contributed by atoms with Crippen molar-refractivity contribution >= 4 is 11.8 Å². The molecular formula is C14H18FN3O2. The van der Waals surface area contributed by atoms with Crippen LogP contribution in [0.15, 0.2) is 24.3 Å². The molecule has 1 aromatic rings. The Kier molecular flexibility index (Phi) is 4.34. The summed E-state index contributed by atoms with van der Waals surface area (Å²) in [6, 6.07) is 5.57. The van der Waals surface area contributed by atoms with E-state index in [1.165, 1.54) is 11.0 Å². The van der Waals surface area contributed by atoms with E-state index >= 15 is 0 Å². The highest BCUT2D eigenvalue weighted by Gasteiger charge is 2.29. The standard InChI is InChI=1S/C14H18FN3O2/c1-9(10-5-3-4-6-11(10)15)18(2)14(20)12-7-17-13(19)8-16-12/h3-6,9,12,16H,7-8H2,1-2H3,(H,17,19). The number of hydrogen-bond acceptors (Lipinski definition) is 3. The van der Waals surface area contributed by atoms with Crippen molar-refractivity contribution in [1.29, 1.82) is 0 Å². The molecule has 0 aliphatic carbocycles. The average molecular weight is 279 g/mol. The van der Waals surface area contributed by atoms with E-state index in [-0.39, 0.29) is 36.8 Å². The van der Waals surface area contributed by atoms with Gasteiger partial charge in [0.1, 0.15) is 11.9 Å². The van der Waals surface area contributed by atoms with Crippen LogP contribution in [0.25, 0.3) is 0 Å². The van der Waals surface area contributed by atoms with E-state index in [2.05, 4.69) is 10.6 Å². The van der Waals surface area contributed by atoms with Crippen LogP contribution in [0, 0.1) is 5.82 Å². The maximum atomic E-state index is 13.7. The fourth-order valence-electron chi connectivity index (χ4n) is 2.20. The molecule has 20 heavy (non-hydrogen) atoms. The van der Waals surface area contributed by atoms with Crippen LogP contribution in [0.2, 0.25) is 0 Å². The Morgan fingerprint density at radius 2 is 2.15 bits per heavy atom. The van der Waals surface area contributed by atoms with Crippen molar-refractivity contribution in [2.45, 2.75) is 19.0 Å². The number of likely N-dealkylation sites (N-methyl/N-ethyl adjacent to an activating group) is 1. The molecule has 0 saturated carbocycles. The molecule has 0 bridgehead atoms. The number of rotatable bonds is 3. The first-order valence-corrected chi connectivity index (χ1v) is 6.52. The number of hydrogen-bond donors (Lipinski definition) is 2. The molecule has 0 spiro atoms. The summed E-state index contributed by atoms with van der Waals surface area (Å²) in [4.78, 5) is 24.9. The first kappa shape index (κ1) is 14.5. The van der Waals surface area contributed by atoms with Gasteiger partial charge in [-0.3, -0.25) is 14.9 Å². The van der Waals surface area contributed by atoms with Gasteiger partial charge in [-0.05, 0) is 13.0 Å². The summed E-state index contributed by atoms with van der Waals surface area (Å²) in [5.41, 5.74) is 0.475. The lowest BCUT2D eigenvalue weighted by atomic mass is 10.1. The predicted octanol–water partition coefficient (Wildman–Crippen LogP) is 0.433. The van der Waals surface area contributed by atoms with E-state index in [9.17, 15) is 14.0 Å². The van der Waals surface area contributed by atoms with E-state index < -0.39 is 6.04 Å². The Bertz CT molecular complexity index is 511. The average Bonchev–Trinajstić information content (AvgIpc) is 2.46. The van der Waals surface area contributed by atoms with Gasteiger partial charge in [-0.1, -0.05) is 18.2 Å². The van der Waals surface area contributed by atoms with Crippen LogP contribution >= 0.6 is 0 Å². The molecule has 1 aliphatic rings. The number of amides is 2. The summed E-state index contributed by atoms with van der Waals surface area (Å²) in [5, 5.41) is 5.51. The molecule has 2 rings (SSSR count). The van der Waals surface area contributed by atoms with Crippen LogP contribution in [0.3, 0.4) is 0 Å². The number of piperazine rings is 1. The first-order chi connectivity index (χ1) is 9.50. The molecule has 6 heteroatoms. The molecule has 0 radical (unpaired) electrons. The zero-order valence-electron chi connectivity index (χ0n) is 11.5. The van der Waals surface area contributed by atoms with Gasteiger partial charge in [0.2, 0.25) is 11.8 Å². The van der Waals surface area contributed by atoms with Crippen molar-refractivity contribution in [3.63, 3.8) is 0 Å². The molecule has 2 atom stereocenters. The van der Waals surface area contributed by atoms with Gasteiger partial charge in [0.05, 0.1) is 12.6 Å². The molecule has 1 fully saturated rings. The van der Waals surface area contributed by atoms with Gasteiger partial charge in [-0.2, -0.15) is 0 Å². The second-order valence-corrected chi connectivity index (χ2v) is 4.88. The van der Waals surface area contributed by atoms with E-state index in [0.717, 1.165) is 0 Å². The van der Waals surface area contributed by atoms with E-state index in [0.29, 0.717) is 5.56 Å². The number of nitrogens with one attached hydrogen (secondary N) is 2. The Hall–Kier alpha value is -1.95. The van der Waals surface area contributed by atoms with Crippen LogP contribution in [-0.4, -0.2) is 42.9 Å². The molecule has 2 amide bonds. The molecule has 0 aromatic heterocycles. The third kappa shape index (κ3) is 2.96. The highest BCUT2D eigenvalue weighted by Crippen LogP contribution is 2.22. The Labute approximate surface area is 117 Å². The maximum absolute atomic E-state index is 13.7. The minimum atomic E-state index is -0.466. The molecule has 1 aliphatic heterocycles. The summed E-state index contributed by atoms with van der Waals surface area (Å²) in [5.74, 6) is -0.621. The summed E-state index contributed by atoms with van der Waals surface area (Å²) in [6.45, 7) is 2.15. The van der Waals surface area contributed by atoms with E-state index in [1.807, 2.05) is 0 Å². The van der Waals surface area contributed by atoms with Crippen molar-refractivity contribution in [2.24, 2.45) is 0 Å². The fourth-order valence-corrected chi connectivity index (χ4v) is 2.20. The molecule has 2 unspecified atom stereocenters. The molecule has 1 saturated heterocycles. The van der Waals surface area contributed by atoms with Crippen LogP contribution in [0.4, 0.5) is 4.39 Å². The first-order valence-electron chi connectivity index (χ1n) is 6.52. The number of benzene rings is 1. The van der Waals surface area contributed by atoms with Crippen molar-refractivity contribution in [3.8, 4) is 0 Å². The smallest absolute Gasteiger partial charge is 0.241 e. The molecule has 2 N–H and O–H groups in total. The molecular weight excluding hydrogens is 261 g/mol.